The third-order valence-electron chi connectivity index (χ3n) is 3.58. The number of esters is 1. The molecule has 0 atom stereocenters. The number of urea groups is 1. The molecule has 2 aromatic rings. The Balaban J connectivity index is 2.13. The highest BCUT2D eigenvalue weighted by atomic mass is 32.1. The summed E-state index contributed by atoms with van der Waals surface area (Å²) < 4.78 is 43.0. The first-order valence-corrected chi connectivity index (χ1v) is 8.77. The lowest BCUT2D eigenvalue weighted by Crippen LogP contribution is -2.39. The van der Waals surface area contributed by atoms with Crippen LogP contribution >= 0.6 is 11.3 Å². The van der Waals surface area contributed by atoms with Crippen molar-refractivity contribution in [3.63, 3.8) is 0 Å². The quantitative estimate of drug-likeness (QED) is 0.755. The first kappa shape index (κ1) is 20.7. The monoisotopic (exact) mass is 401 g/mol. The Morgan fingerprint density at radius 2 is 2.04 bits per heavy atom. The topological polar surface area (TPSA) is 71.5 Å². The van der Waals surface area contributed by atoms with Crippen LogP contribution in [0.25, 0.3) is 0 Å². The zero-order chi connectivity index (χ0) is 20.2. The molecular weight excluding hydrogens is 383 g/mol. The van der Waals surface area contributed by atoms with Crippen molar-refractivity contribution in [2.75, 3.05) is 12.4 Å². The van der Waals surface area contributed by atoms with E-state index in [2.05, 4.69) is 15.0 Å². The summed E-state index contributed by atoms with van der Waals surface area (Å²) in [7, 11) is 1.24. The van der Waals surface area contributed by atoms with Crippen molar-refractivity contribution in [3.8, 4) is 0 Å². The molecule has 0 fully saturated rings. The Morgan fingerprint density at radius 1 is 1.33 bits per heavy atom. The number of benzene rings is 1. The van der Waals surface area contributed by atoms with Crippen molar-refractivity contribution < 1.29 is 27.5 Å². The standard InChI is InChI=1S/C17H18F3N3O3S/c1-10(2)23(8-14-22-13(9-27-14)15(24)26-3)16(25)21-12-6-4-5-11(7-12)17(18,19)20/h4-7,9-10H,8H2,1-3H3,(H,21,25). The predicted molar refractivity (Wildman–Crippen MR) is 94.6 cm³/mol. The number of rotatable bonds is 5. The van der Waals surface area contributed by atoms with E-state index in [1.165, 1.54) is 40.9 Å². The third-order valence-corrected chi connectivity index (χ3v) is 4.41. The smallest absolute Gasteiger partial charge is 0.416 e. The van der Waals surface area contributed by atoms with Gasteiger partial charge in [0.1, 0.15) is 5.01 Å². The van der Waals surface area contributed by atoms with Gasteiger partial charge in [0, 0.05) is 17.1 Å². The Bertz CT molecular complexity index is 821. The van der Waals surface area contributed by atoms with Gasteiger partial charge in [-0.2, -0.15) is 13.2 Å². The lowest BCUT2D eigenvalue weighted by atomic mass is 10.2. The van der Waals surface area contributed by atoms with Gasteiger partial charge < -0.3 is 15.0 Å². The van der Waals surface area contributed by atoms with Crippen LogP contribution in [0.5, 0.6) is 0 Å². The molecule has 0 aliphatic rings. The van der Waals surface area contributed by atoms with Gasteiger partial charge in [-0.3, -0.25) is 0 Å². The molecule has 0 unspecified atom stereocenters. The highest BCUT2D eigenvalue weighted by Gasteiger charge is 2.30. The van der Waals surface area contributed by atoms with Gasteiger partial charge in [-0.05, 0) is 32.0 Å². The summed E-state index contributed by atoms with van der Waals surface area (Å²) in [5, 5.41) is 4.49. The number of amides is 2. The molecule has 0 saturated heterocycles. The molecule has 6 nitrogen and oxygen atoms in total. The molecule has 10 heteroatoms. The van der Waals surface area contributed by atoms with E-state index < -0.39 is 23.7 Å². The lowest BCUT2D eigenvalue weighted by molar-refractivity contribution is -0.137. The number of carbonyl (C=O) groups is 2. The summed E-state index contributed by atoms with van der Waals surface area (Å²) in [5.41, 5.74) is -0.673. The number of hydrogen-bond donors (Lipinski definition) is 1. The van der Waals surface area contributed by atoms with Crippen LogP contribution in [-0.4, -0.2) is 35.0 Å². The van der Waals surface area contributed by atoms with E-state index in [1.807, 2.05) is 0 Å². The minimum atomic E-state index is -4.50. The fourth-order valence-corrected chi connectivity index (χ4v) is 2.95. The highest BCUT2D eigenvalue weighted by Crippen LogP contribution is 2.30. The second-order valence-electron chi connectivity index (χ2n) is 5.85. The molecule has 146 valence electrons. The van der Waals surface area contributed by atoms with Crippen LogP contribution in [0.4, 0.5) is 23.7 Å². The number of aromatic nitrogens is 1. The molecule has 0 bridgehead atoms. The van der Waals surface area contributed by atoms with Crippen LogP contribution in [0.15, 0.2) is 29.6 Å². The molecule has 1 N–H and O–H groups in total. The van der Waals surface area contributed by atoms with Gasteiger partial charge in [-0.25, -0.2) is 14.6 Å². The molecule has 0 spiro atoms. The molecule has 0 radical (unpaired) electrons. The number of thiazole rings is 1. The average Bonchev–Trinajstić information content (AvgIpc) is 3.07. The molecule has 27 heavy (non-hydrogen) atoms. The number of alkyl halides is 3. The van der Waals surface area contributed by atoms with Crippen LogP contribution in [0, 0.1) is 0 Å². The Morgan fingerprint density at radius 3 is 2.63 bits per heavy atom. The van der Waals surface area contributed by atoms with Gasteiger partial charge >= 0.3 is 18.2 Å². The second-order valence-corrected chi connectivity index (χ2v) is 6.79. The number of nitrogens with zero attached hydrogens (tertiary/aromatic N) is 2. The number of anilines is 1. The molecular formula is C17H18F3N3O3S. The molecule has 1 aromatic carbocycles. The number of halogens is 3. The molecule has 0 saturated carbocycles. The fourth-order valence-electron chi connectivity index (χ4n) is 2.18. The average molecular weight is 401 g/mol. The van der Waals surface area contributed by atoms with Crippen molar-refractivity contribution in [3.05, 3.63) is 45.9 Å². The molecule has 2 rings (SSSR count). The van der Waals surface area contributed by atoms with E-state index >= 15 is 0 Å². The van der Waals surface area contributed by atoms with Gasteiger partial charge in [-0.1, -0.05) is 6.07 Å². The largest absolute Gasteiger partial charge is 0.464 e. The Kier molecular flexibility index (Phi) is 6.42. The summed E-state index contributed by atoms with van der Waals surface area (Å²) in [6, 6.07) is 3.58. The Hall–Kier alpha value is -2.62. The van der Waals surface area contributed by atoms with Crippen LogP contribution in [0.3, 0.4) is 0 Å². The number of ether oxygens (including phenoxy) is 1. The lowest BCUT2D eigenvalue weighted by Gasteiger charge is -2.26. The van der Waals surface area contributed by atoms with Crippen molar-refractivity contribution in [1.82, 2.24) is 9.88 Å². The maximum absolute atomic E-state index is 12.8. The van der Waals surface area contributed by atoms with Crippen LogP contribution in [-0.2, 0) is 17.5 Å². The van der Waals surface area contributed by atoms with Crippen LogP contribution in [0.2, 0.25) is 0 Å². The van der Waals surface area contributed by atoms with Gasteiger partial charge in [0.15, 0.2) is 5.69 Å². The molecule has 1 heterocycles. The van der Waals surface area contributed by atoms with E-state index in [0.717, 1.165) is 12.1 Å². The molecule has 0 aliphatic carbocycles. The second kappa shape index (κ2) is 8.38. The van der Waals surface area contributed by atoms with Crippen molar-refractivity contribution in [2.45, 2.75) is 32.6 Å². The van der Waals surface area contributed by atoms with E-state index in [4.69, 9.17) is 0 Å². The van der Waals surface area contributed by atoms with Gasteiger partial charge in [0.2, 0.25) is 0 Å². The van der Waals surface area contributed by atoms with E-state index in [0.29, 0.717) is 5.01 Å². The normalized spacial score (nSPS) is 11.4. The number of nitrogens with one attached hydrogen (secondary N) is 1. The summed E-state index contributed by atoms with van der Waals surface area (Å²) in [5.74, 6) is -0.581. The van der Waals surface area contributed by atoms with Crippen LogP contribution in [0.1, 0.15) is 34.9 Å². The summed E-state index contributed by atoms with van der Waals surface area (Å²) in [6.07, 6.45) is -4.50. The molecule has 1 aromatic heterocycles. The van der Waals surface area contributed by atoms with E-state index in [1.54, 1.807) is 13.8 Å². The van der Waals surface area contributed by atoms with Crippen molar-refractivity contribution >= 4 is 29.0 Å². The number of hydrogen-bond acceptors (Lipinski definition) is 5. The molecule has 2 amide bonds. The highest BCUT2D eigenvalue weighted by molar-refractivity contribution is 7.09. The third kappa shape index (κ3) is 5.43. The molecule has 0 aliphatic heterocycles. The zero-order valence-corrected chi connectivity index (χ0v) is 15.6. The van der Waals surface area contributed by atoms with Crippen LogP contribution < -0.4 is 5.32 Å². The maximum Gasteiger partial charge on any atom is 0.416 e. The SMILES string of the molecule is COC(=O)c1csc(CN(C(=O)Nc2cccc(C(F)(F)F)c2)C(C)C)n1. The van der Waals surface area contributed by atoms with Gasteiger partial charge in [0.05, 0.1) is 19.2 Å². The summed E-state index contributed by atoms with van der Waals surface area (Å²) in [4.78, 5) is 29.5. The zero-order valence-electron chi connectivity index (χ0n) is 14.8. The van der Waals surface area contributed by atoms with E-state index in [-0.39, 0.29) is 24.0 Å². The van der Waals surface area contributed by atoms with Crippen molar-refractivity contribution in [1.29, 1.82) is 0 Å². The number of methoxy groups -OCH3 is 1. The maximum atomic E-state index is 12.8. The van der Waals surface area contributed by atoms with E-state index in [9.17, 15) is 22.8 Å². The first-order chi connectivity index (χ1) is 12.6. The van der Waals surface area contributed by atoms with Gasteiger partial charge in [-0.15, -0.1) is 11.3 Å². The van der Waals surface area contributed by atoms with Crippen molar-refractivity contribution in [2.24, 2.45) is 0 Å². The fraction of sp³-hybridized carbons (Fsp3) is 0.353. The number of carbonyl (C=O) groups excluding carboxylic acids is 2. The Labute approximate surface area is 158 Å². The first-order valence-electron chi connectivity index (χ1n) is 7.89. The summed E-state index contributed by atoms with van der Waals surface area (Å²) in [6.45, 7) is 3.63. The minimum absolute atomic E-state index is 0.0369. The minimum Gasteiger partial charge on any atom is -0.464 e. The van der Waals surface area contributed by atoms with Gasteiger partial charge in [0.25, 0.3) is 0 Å². The predicted octanol–water partition coefficient (Wildman–Crippen LogP) is 4.39. The summed E-state index contributed by atoms with van der Waals surface area (Å²) >= 11 is 1.19.